The quantitative estimate of drug-likeness (QED) is 0.372. The van der Waals surface area contributed by atoms with Crippen molar-refractivity contribution >= 4 is 40.6 Å². The van der Waals surface area contributed by atoms with Crippen molar-refractivity contribution in [2.45, 2.75) is 83.0 Å². The highest BCUT2D eigenvalue weighted by Gasteiger charge is 2.49. The molecular weight excluding hydrogens is 641 g/mol. The molecule has 1 N–H and O–H groups in total. The van der Waals surface area contributed by atoms with Gasteiger partial charge in [-0.3, -0.25) is 9.59 Å². The number of likely N-dealkylation sites (tertiary alicyclic amines) is 1. The van der Waals surface area contributed by atoms with Crippen LogP contribution in [0.25, 0.3) is 11.4 Å². The van der Waals surface area contributed by atoms with E-state index in [0.29, 0.717) is 69.1 Å². The highest BCUT2D eigenvalue weighted by Crippen LogP contribution is 2.50. The van der Waals surface area contributed by atoms with E-state index in [1.807, 2.05) is 33.8 Å². The molecule has 1 fully saturated rings. The summed E-state index contributed by atoms with van der Waals surface area (Å²) in [5, 5.41) is 6.96. The van der Waals surface area contributed by atoms with Crippen LogP contribution >= 0.6 is 11.6 Å². The first kappa shape index (κ1) is 33.0. The highest BCUT2D eigenvalue weighted by molar-refractivity contribution is 6.33. The molecule has 2 amide bonds. The van der Waals surface area contributed by atoms with Gasteiger partial charge < -0.3 is 24.3 Å². The van der Waals surface area contributed by atoms with Crippen LogP contribution in [-0.2, 0) is 32.4 Å². The van der Waals surface area contributed by atoms with E-state index in [0.717, 1.165) is 23.8 Å². The molecule has 3 aromatic rings. The molecule has 3 aliphatic rings. The number of fused-ring (bicyclic) bond motifs is 3. The molecule has 6 rings (SSSR count). The molecule has 252 valence electrons. The summed E-state index contributed by atoms with van der Waals surface area (Å²) in [6, 6.07) is 2.71. The molecule has 0 saturated carbocycles. The smallest absolute Gasteiger partial charge is 0.416 e. The van der Waals surface area contributed by atoms with Crippen molar-refractivity contribution < 1.29 is 32.2 Å². The fourth-order valence-corrected chi connectivity index (χ4v) is 7.14. The Morgan fingerprint density at radius 1 is 1.19 bits per heavy atom. The second-order valence-corrected chi connectivity index (χ2v) is 13.9. The maximum Gasteiger partial charge on any atom is 0.416 e. The summed E-state index contributed by atoms with van der Waals surface area (Å²) in [6.07, 6.45) is -0.933. The summed E-state index contributed by atoms with van der Waals surface area (Å²) in [5.74, 6) is -0.182. The van der Waals surface area contributed by atoms with Crippen LogP contribution in [0.15, 0.2) is 29.1 Å². The number of halogens is 4. The number of carbonyl (C=O) groups is 2. The third kappa shape index (κ3) is 6.37. The van der Waals surface area contributed by atoms with Gasteiger partial charge in [-0.1, -0.05) is 24.6 Å². The van der Waals surface area contributed by atoms with Gasteiger partial charge >= 0.3 is 12.3 Å². The number of benzene rings is 1. The standard InChI is InChI=1S/C32H36ClF3N6O5/c1-18-16-31(9-11-40(12-10-31)29(45)47-30(2,3)4)24-25(18)41(17-23(43)37-22-6-5-20(15-21(22)33)32(34,35)36)28-38-26(39-42(28)27(24)44)19-7-13-46-14-8-19/h5-7,15,18H,8-14,16-17H2,1-4H3,(H,37,43)/t18-/m0/s1. The van der Waals surface area contributed by atoms with Crippen LogP contribution in [0.4, 0.5) is 23.7 Å². The lowest BCUT2D eigenvalue weighted by molar-refractivity contribution is -0.137. The number of nitrogens with zero attached hydrogens (tertiary/aromatic N) is 5. The molecule has 2 aromatic heterocycles. The lowest BCUT2D eigenvalue weighted by atomic mass is 9.74. The molecule has 1 atom stereocenters. The molecule has 15 heteroatoms. The van der Waals surface area contributed by atoms with Crippen molar-refractivity contribution in [2.75, 3.05) is 31.6 Å². The molecule has 1 saturated heterocycles. The Labute approximate surface area is 273 Å². The van der Waals surface area contributed by atoms with Gasteiger partial charge in [0, 0.05) is 29.8 Å². The number of alkyl halides is 3. The zero-order chi connectivity index (χ0) is 33.9. The minimum absolute atomic E-state index is 0.0203. The zero-order valence-electron chi connectivity index (χ0n) is 26.5. The molecule has 2 aliphatic heterocycles. The molecular formula is C32H36ClF3N6O5. The number of rotatable bonds is 4. The van der Waals surface area contributed by atoms with E-state index in [1.54, 1.807) is 9.47 Å². The van der Waals surface area contributed by atoms with E-state index in [4.69, 9.17) is 26.1 Å². The number of aromatic nitrogens is 4. The second-order valence-electron chi connectivity index (χ2n) is 13.4. The SMILES string of the molecule is C[C@H]1CC2(CCN(C(=O)OC(C)(C)C)CC2)c2c1n(CC(=O)Nc1ccc(C(F)(F)F)cc1Cl)c1nc(C3=CCOCC3)nn1c2=O. The number of nitrogens with one attached hydrogen (secondary N) is 1. The first-order chi connectivity index (χ1) is 22.1. The van der Waals surface area contributed by atoms with Gasteiger partial charge in [-0.15, -0.1) is 5.10 Å². The maximum atomic E-state index is 14.3. The molecule has 1 spiro atoms. The maximum absolute atomic E-state index is 14.3. The number of hydrogen-bond acceptors (Lipinski definition) is 7. The number of carbonyl (C=O) groups excluding carboxylic acids is 2. The van der Waals surface area contributed by atoms with Crippen LogP contribution in [0.3, 0.4) is 0 Å². The van der Waals surface area contributed by atoms with Gasteiger partial charge in [0.15, 0.2) is 5.82 Å². The van der Waals surface area contributed by atoms with Crippen LogP contribution in [0.1, 0.15) is 81.9 Å². The minimum atomic E-state index is -4.59. The van der Waals surface area contributed by atoms with Crippen LogP contribution in [0, 0.1) is 0 Å². The number of ether oxygens (including phenoxy) is 2. The van der Waals surface area contributed by atoms with E-state index in [1.165, 1.54) is 4.52 Å². The topological polar surface area (TPSA) is 120 Å². The van der Waals surface area contributed by atoms with Crippen LogP contribution in [-0.4, -0.2) is 68.0 Å². The summed E-state index contributed by atoms with van der Waals surface area (Å²) in [5.41, 5.74) is -0.434. The first-order valence-electron chi connectivity index (χ1n) is 15.5. The summed E-state index contributed by atoms with van der Waals surface area (Å²) in [6.45, 7) is 8.76. The van der Waals surface area contributed by atoms with Crippen molar-refractivity contribution in [3.8, 4) is 0 Å². The Hall–Kier alpha value is -3.91. The van der Waals surface area contributed by atoms with Gasteiger partial charge in [-0.05, 0) is 76.1 Å². The summed E-state index contributed by atoms with van der Waals surface area (Å²) < 4.78 is 53.5. The Balaban J connectivity index is 1.39. The molecule has 1 aromatic carbocycles. The summed E-state index contributed by atoms with van der Waals surface area (Å²) in [4.78, 5) is 47.0. The van der Waals surface area contributed by atoms with E-state index >= 15 is 0 Å². The first-order valence-corrected chi connectivity index (χ1v) is 15.9. The van der Waals surface area contributed by atoms with E-state index < -0.39 is 34.8 Å². The van der Waals surface area contributed by atoms with Gasteiger partial charge in [-0.25, -0.2) is 4.79 Å². The highest BCUT2D eigenvalue weighted by atomic mass is 35.5. The lowest BCUT2D eigenvalue weighted by Gasteiger charge is -2.40. The molecule has 0 unspecified atom stereocenters. The van der Waals surface area contributed by atoms with Gasteiger partial charge in [0.1, 0.15) is 12.1 Å². The molecule has 0 radical (unpaired) electrons. The molecule has 4 heterocycles. The zero-order valence-corrected chi connectivity index (χ0v) is 27.3. The Morgan fingerprint density at radius 2 is 1.91 bits per heavy atom. The summed E-state index contributed by atoms with van der Waals surface area (Å²) in [7, 11) is 0. The molecule has 47 heavy (non-hydrogen) atoms. The van der Waals surface area contributed by atoms with Gasteiger partial charge in [0.05, 0.1) is 29.5 Å². The van der Waals surface area contributed by atoms with E-state index in [-0.39, 0.29) is 34.5 Å². The molecule has 1 aliphatic carbocycles. The third-order valence-corrected chi connectivity index (χ3v) is 9.29. The predicted molar refractivity (Wildman–Crippen MR) is 167 cm³/mol. The van der Waals surface area contributed by atoms with Crippen LogP contribution < -0.4 is 10.9 Å². The largest absolute Gasteiger partial charge is 0.444 e. The minimum Gasteiger partial charge on any atom is -0.444 e. The van der Waals surface area contributed by atoms with E-state index in [2.05, 4.69) is 10.4 Å². The fourth-order valence-electron chi connectivity index (χ4n) is 6.91. The van der Waals surface area contributed by atoms with E-state index in [9.17, 15) is 27.6 Å². The average Bonchev–Trinajstić information content (AvgIpc) is 3.56. The number of anilines is 1. The molecule has 0 bridgehead atoms. The Morgan fingerprint density at radius 3 is 2.53 bits per heavy atom. The molecule has 11 nitrogen and oxygen atoms in total. The number of piperidine rings is 1. The van der Waals surface area contributed by atoms with Crippen molar-refractivity contribution in [2.24, 2.45) is 0 Å². The van der Waals surface area contributed by atoms with Crippen LogP contribution in [0.2, 0.25) is 5.02 Å². The normalized spacial score (nSPS) is 19.5. The van der Waals surface area contributed by atoms with Gasteiger partial charge in [-0.2, -0.15) is 22.7 Å². The van der Waals surface area contributed by atoms with Crippen molar-refractivity contribution in [1.82, 2.24) is 24.1 Å². The van der Waals surface area contributed by atoms with Gasteiger partial charge in [0.2, 0.25) is 11.7 Å². The second kappa shape index (κ2) is 12.0. The van der Waals surface area contributed by atoms with Crippen molar-refractivity contribution in [3.05, 3.63) is 62.3 Å². The number of hydrogen-bond donors (Lipinski definition) is 1. The monoisotopic (exact) mass is 676 g/mol. The number of amides is 2. The Bertz CT molecular complexity index is 1840. The predicted octanol–water partition coefficient (Wildman–Crippen LogP) is 5.78. The van der Waals surface area contributed by atoms with Crippen molar-refractivity contribution in [3.63, 3.8) is 0 Å². The fraction of sp³-hybridized carbons (Fsp3) is 0.531. The van der Waals surface area contributed by atoms with Gasteiger partial charge in [0.25, 0.3) is 5.56 Å². The van der Waals surface area contributed by atoms with Crippen LogP contribution in [0.5, 0.6) is 0 Å². The summed E-state index contributed by atoms with van der Waals surface area (Å²) >= 11 is 6.13. The van der Waals surface area contributed by atoms with Crippen molar-refractivity contribution in [1.29, 1.82) is 0 Å². The lowest BCUT2D eigenvalue weighted by Crippen LogP contribution is -2.48. The Kier molecular flexibility index (Phi) is 8.40. The third-order valence-electron chi connectivity index (χ3n) is 8.97. The average molecular weight is 677 g/mol.